The first-order chi connectivity index (χ1) is 11.7. The van der Waals surface area contributed by atoms with Crippen molar-refractivity contribution in [3.05, 3.63) is 30.3 Å². The summed E-state index contributed by atoms with van der Waals surface area (Å²) in [6, 6.07) is 11.3. The van der Waals surface area contributed by atoms with E-state index >= 15 is 0 Å². The van der Waals surface area contributed by atoms with Gasteiger partial charge in [0.1, 0.15) is 0 Å². The topological polar surface area (TPSA) is 39.7 Å². The van der Waals surface area contributed by atoms with E-state index < -0.39 is 0 Å². The van der Waals surface area contributed by atoms with Crippen LogP contribution in [0.15, 0.2) is 35.3 Å². The van der Waals surface area contributed by atoms with Gasteiger partial charge in [0.15, 0.2) is 5.96 Å². The van der Waals surface area contributed by atoms with Crippen molar-refractivity contribution in [2.24, 2.45) is 10.4 Å². The second kappa shape index (κ2) is 7.91. The number of nitrogens with one attached hydrogen (secondary N) is 2. The van der Waals surface area contributed by atoms with Crippen molar-refractivity contribution in [3.8, 4) is 0 Å². The van der Waals surface area contributed by atoms with Gasteiger partial charge in [-0.25, -0.2) is 0 Å². The quantitative estimate of drug-likeness (QED) is 0.657. The summed E-state index contributed by atoms with van der Waals surface area (Å²) >= 11 is 0. The molecule has 0 radical (unpaired) electrons. The molecule has 0 spiro atoms. The Morgan fingerprint density at radius 3 is 2.46 bits per heavy atom. The maximum atomic E-state index is 4.43. The van der Waals surface area contributed by atoms with Gasteiger partial charge in [0, 0.05) is 38.4 Å². The number of guanidine groups is 1. The van der Waals surface area contributed by atoms with Gasteiger partial charge in [-0.3, -0.25) is 4.99 Å². The van der Waals surface area contributed by atoms with E-state index in [9.17, 15) is 0 Å². The lowest BCUT2D eigenvalue weighted by Gasteiger charge is -2.35. The lowest BCUT2D eigenvalue weighted by Crippen LogP contribution is -2.50. The van der Waals surface area contributed by atoms with E-state index in [4.69, 9.17) is 0 Å². The molecule has 0 unspecified atom stereocenters. The van der Waals surface area contributed by atoms with Gasteiger partial charge >= 0.3 is 0 Å². The number of aliphatic imine (C=N–C) groups is 1. The zero-order valence-corrected chi connectivity index (χ0v) is 15.2. The van der Waals surface area contributed by atoms with Gasteiger partial charge in [-0.05, 0) is 43.2 Å². The molecule has 1 heterocycles. The fourth-order valence-corrected chi connectivity index (χ4v) is 4.01. The molecule has 3 rings (SSSR count). The van der Waals surface area contributed by atoms with Crippen LogP contribution in [0.5, 0.6) is 0 Å². The second-order valence-electron chi connectivity index (χ2n) is 7.68. The predicted octanol–water partition coefficient (Wildman–Crippen LogP) is 3.40. The molecule has 0 amide bonds. The third kappa shape index (κ3) is 4.43. The second-order valence-corrected chi connectivity index (χ2v) is 7.68. The summed E-state index contributed by atoms with van der Waals surface area (Å²) in [6.07, 6.45) is 7.75. The molecule has 24 heavy (non-hydrogen) atoms. The normalized spacial score (nSPS) is 21.8. The first-order valence-electron chi connectivity index (χ1n) is 9.46. The molecule has 2 aliphatic rings. The number of hydrogen-bond acceptors (Lipinski definition) is 2. The van der Waals surface area contributed by atoms with Crippen molar-refractivity contribution in [3.63, 3.8) is 0 Å². The first kappa shape index (κ1) is 17.1. The van der Waals surface area contributed by atoms with Crippen LogP contribution in [-0.4, -0.2) is 38.7 Å². The van der Waals surface area contributed by atoms with Crippen molar-refractivity contribution in [1.29, 1.82) is 0 Å². The molecule has 2 N–H and O–H groups in total. The van der Waals surface area contributed by atoms with Gasteiger partial charge in [-0.2, -0.15) is 0 Å². The molecule has 1 aliphatic carbocycles. The average Bonchev–Trinajstić information content (AvgIpc) is 3.07. The zero-order valence-electron chi connectivity index (χ0n) is 15.2. The maximum absolute atomic E-state index is 4.43. The minimum absolute atomic E-state index is 0.453. The van der Waals surface area contributed by atoms with Crippen molar-refractivity contribution >= 4 is 11.6 Å². The van der Waals surface area contributed by atoms with Crippen LogP contribution >= 0.6 is 0 Å². The Hall–Kier alpha value is -1.71. The van der Waals surface area contributed by atoms with Crippen LogP contribution in [0.25, 0.3) is 0 Å². The highest BCUT2D eigenvalue weighted by atomic mass is 15.2. The van der Waals surface area contributed by atoms with E-state index in [-0.39, 0.29) is 0 Å². The number of para-hydroxylation sites is 1. The Bertz CT molecular complexity index is 526. The molecule has 1 aliphatic heterocycles. The molecule has 2 fully saturated rings. The van der Waals surface area contributed by atoms with Crippen molar-refractivity contribution < 1.29 is 0 Å². The fourth-order valence-electron chi connectivity index (χ4n) is 4.01. The van der Waals surface area contributed by atoms with Crippen LogP contribution in [0.2, 0.25) is 0 Å². The van der Waals surface area contributed by atoms with Crippen molar-refractivity contribution in [2.75, 3.05) is 31.6 Å². The van der Waals surface area contributed by atoms with Crippen LogP contribution in [-0.2, 0) is 0 Å². The molecule has 0 bridgehead atoms. The van der Waals surface area contributed by atoms with Crippen molar-refractivity contribution in [1.82, 2.24) is 10.6 Å². The number of nitrogens with zero attached hydrogens (tertiary/aromatic N) is 2. The highest BCUT2D eigenvalue weighted by Gasteiger charge is 2.29. The minimum atomic E-state index is 0.453. The Morgan fingerprint density at radius 2 is 1.83 bits per heavy atom. The van der Waals surface area contributed by atoms with Gasteiger partial charge in [0.25, 0.3) is 0 Å². The van der Waals surface area contributed by atoms with Crippen LogP contribution < -0.4 is 15.5 Å². The molecule has 1 saturated heterocycles. The first-order valence-corrected chi connectivity index (χ1v) is 9.46. The molecule has 1 aromatic rings. The molecule has 0 atom stereocenters. The molecule has 0 aromatic heterocycles. The van der Waals surface area contributed by atoms with Crippen LogP contribution in [0, 0.1) is 5.41 Å². The third-order valence-electron chi connectivity index (χ3n) is 5.67. The molecule has 1 saturated carbocycles. The highest BCUT2D eigenvalue weighted by Crippen LogP contribution is 2.36. The average molecular weight is 329 g/mol. The predicted molar refractivity (Wildman–Crippen MR) is 103 cm³/mol. The Labute approximate surface area is 146 Å². The van der Waals surface area contributed by atoms with E-state index in [0.29, 0.717) is 11.5 Å². The van der Waals surface area contributed by atoms with Crippen LogP contribution in [0.1, 0.15) is 45.4 Å². The lowest BCUT2D eigenvalue weighted by molar-refractivity contribution is 0.332. The number of anilines is 1. The largest absolute Gasteiger partial charge is 0.371 e. The summed E-state index contributed by atoms with van der Waals surface area (Å²) in [5, 5.41) is 7.20. The number of benzene rings is 1. The third-order valence-corrected chi connectivity index (χ3v) is 5.67. The Balaban J connectivity index is 1.44. The zero-order chi connectivity index (χ0) is 16.8. The van der Waals surface area contributed by atoms with Crippen molar-refractivity contribution in [2.45, 2.75) is 51.5 Å². The summed E-state index contributed by atoms with van der Waals surface area (Å²) in [5.74, 6) is 0.973. The van der Waals surface area contributed by atoms with Crippen LogP contribution in [0.3, 0.4) is 0 Å². The smallest absolute Gasteiger partial charge is 0.191 e. The van der Waals surface area contributed by atoms with Gasteiger partial charge in [0.2, 0.25) is 0 Å². The number of hydrogen-bond donors (Lipinski definition) is 2. The highest BCUT2D eigenvalue weighted by molar-refractivity contribution is 5.80. The summed E-state index contributed by atoms with van der Waals surface area (Å²) < 4.78 is 0. The monoisotopic (exact) mass is 328 g/mol. The van der Waals surface area contributed by atoms with Gasteiger partial charge < -0.3 is 15.5 Å². The fraction of sp³-hybridized carbons (Fsp3) is 0.650. The summed E-state index contributed by atoms with van der Waals surface area (Å²) in [4.78, 5) is 6.91. The minimum Gasteiger partial charge on any atom is -0.371 e. The Kier molecular flexibility index (Phi) is 5.64. The molecule has 1 aromatic carbocycles. The number of piperidine rings is 1. The van der Waals surface area contributed by atoms with Gasteiger partial charge in [-0.1, -0.05) is 38.0 Å². The summed E-state index contributed by atoms with van der Waals surface area (Å²) in [7, 11) is 1.88. The maximum Gasteiger partial charge on any atom is 0.191 e. The van der Waals surface area contributed by atoms with Crippen LogP contribution in [0.4, 0.5) is 5.69 Å². The van der Waals surface area contributed by atoms with E-state index in [1.165, 1.54) is 31.4 Å². The molecule has 4 heteroatoms. The molecular weight excluding hydrogens is 296 g/mol. The van der Waals surface area contributed by atoms with E-state index in [0.717, 1.165) is 38.4 Å². The summed E-state index contributed by atoms with van der Waals surface area (Å²) in [6.45, 7) is 5.65. The van der Waals surface area contributed by atoms with Gasteiger partial charge in [-0.15, -0.1) is 0 Å². The Morgan fingerprint density at radius 1 is 1.17 bits per heavy atom. The summed E-state index contributed by atoms with van der Waals surface area (Å²) in [5.41, 5.74) is 1.79. The molecule has 4 nitrogen and oxygen atoms in total. The van der Waals surface area contributed by atoms with E-state index in [1.807, 2.05) is 7.05 Å². The standard InChI is InChI=1S/C20H32N4/c1-20(12-6-7-13-20)16-22-19(21-2)23-17-10-14-24(15-11-17)18-8-4-3-5-9-18/h3-5,8-9,17H,6-7,10-16H2,1-2H3,(H2,21,22,23). The SMILES string of the molecule is CN=C(NCC1(C)CCCC1)NC1CCN(c2ccccc2)CC1. The molecular formula is C20H32N4. The van der Waals surface area contributed by atoms with E-state index in [1.54, 1.807) is 0 Å². The van der Waals surface area contributed by atoms with Gasteiger partial charge in [0.05, 0.1) is 0 Å². The molecule has 132 valence electrons. The lowest BCUT2D eigenvalue weighted by atomic mass is 9.89. The number of rotatable bonds is 4. The van der Waals surface area contributed by atoms with E-state index in [2.05, 4.69) is 57.8 Å².